The van der Waals surface area contributed by atoms with Gasteiger partial charge < -0.3 is 15.8 Å². The highest BCUT2D eigenvalue weighted by molar-refractivity contribution is 5.76. The van der Waals surface area contributed by atoms with E-state index in [1.54, 1.807) is 0 Å². The molecule has 18 heavy (non-hydrogen) atoms. The SMILES string of the molecule is NCC1CCCCC1NC(=O)CCC1CCCO1. The van der Waals surface area contributed by atoms with Gasteiger partial charge in [0, 0.05) is 19.1 Å². The lowest BCUT2D eigenvalue weighted by atomic mass is 9.84. The lowest BCUT2D eigenvalue weighted by Gasteiger charge is -2.31. The number of nitrogens with two attached hydrogens (primary N) is 1. The summed E-state index contributed by atoms with van der Waals surface area (Å²) < 4.78 is 5.54. The van der Waals surface area contributed by atoms with Crippen LogP contribution in [0.15, 0.2) is 0 Å². The molecule has 0 spiro atoms. The van der Waals surface area contributed by atoms with E-state index in [0.717, 1.165) is 38.7 Å². The van der Waals surface area contributed by atoms with Crippen LogP contribution < -0.4 is 11.1 Å². The highest BCUT2D eigenvalue weighted by Crippen LogP contribution is 2.24. The van der Waals surface area contributed by atoms with Gasteiger partial charge in [0.15, 0.2) is 0 Å². The van der Waals surface area contributed by atoms with Crippen LogP contribution in [0.4, 0.5) is 0 Å². The van der Waals surface area contributed by atoms with Crippen molar-refractivity contribution in [3.8, 4) is 0 Å². The molecule has 1 heterocycles. The summed E-state index contributed by atoms with van der Waals surface area (Å²) in [5.74, 6) is 0.654. The van der Waals surface area contributed by atoms with Gasteiger partial charge in [0.1, 0.15) is 0 Å². The van der Waals surface area contributed by atoms with Crippen LogP contribution in [0.1, 0.15) is 51.4 Å². The molecule has 3 unspecified atom stereocenters. The first kappa shape index (κ1) is 13.8. The van der Waals surface area contributed by atoms with E-state index in [9.17, 15) is 4.79 Å². The summed E-state index contributed by atoms with van der Waals surface area (Å²) in [5.41, 5.74) is 5.77. The summed E-state index contributed by atoms with van der Waals surface area (Å²) in [4.78, 5) is 11.9. The molecular weight excluding hydrogens is 228 g/mol. The van der Waals surface area contributed by atoms with E-state index in [-0.39, 0.29) is 5.91 Å². The maximum absolute atomic E-state index is 11.9. The van der Waals surface area contributed by atoms with Gasteiger partial charge in [-0.15, -0.1) is 0 Å². The Bertz CT molecular complexity index is 265. The number of ether oxygens (including phenoxy) is 1. The smallest absolute Gasteiger partial charge is 0.220 e. The standard InChI is InChI=1S/C14H26N2O2/c15-10-11-4-1-2-6-13(11)16-14(17)8-7-12-5-3-9-18-12/h11-13H,1-10,15H2,(H,16,17). The lowest BCUT2D eigenvalue weighted by Crippen LogP contribution is -2.44. The Balaban J connectivity index is 1.68. The minimum absolute atomic E-state index is 0.177. The molecule has 0 radical (unpaired) electrons. The van der Waals surface area contributed by atoms with Gasteiger partial charge in [-0.25, -0.2) is 0 Å². The van der Waals surface area contributed by atoms with Crippen LogP contribution in [-0.2, 0) is 9.53 Å². The van der Waals surface area contributed by atoms with Crippen LogP contribution in [-0.4, -0.2) is 31.2 Å². The Morgan fingerprint density at radius 2 is 2.06 bits per heavy atom. The lowest BCUT2D eigenvalue weighted by molar-refractivity contribution is -0.123. The van der Waals surface area contributed by atoms with Crippen molar-refractivity contribution < 1.29 is 9.53 Å². The number of carbonyl (C=O) groups is 1. The molecule has 0 bridgehead atoms. The van der Waals surface area contributed by atoms with Crippen molar-refractivity contribution in [3.05, 3.63) is 0 Å². The zero-order valence-electron chi connectivity index (χ0n) is 11.2. The minimum atomic E-state index is 0.177. The zero-order valence-corrected chi connectivity index (χ0v) is 11.2. The quantitative estimate of drug-likeness (QED) is 0.783. The zero-order chi connectivity index (χ0) is 12.8. The van der Waals surface area contributed by atoms with E-state index in [2.05, 4.69) is 5.32 Å². The van der Waals surface area contributed by atoms with Gasteiger partial charge in [-0.3, -0.25) is 4.79 Å². The molecule has 0 aromatic heterocycles. The molecule has 2 aliphatic rings. The fraction of sp³-hybridized carbons (Fsp3) is 0.929. The molecule has 2 fully saturated rings. The summed E-state index contributed by atoms with van der Waals surface area (Å²) in [6.45, 7) is 1.56. The first-order valence-electron chi connectivity index (χ1n) is 7.40. The monoisotopic (exact) mass is 254 g/mol. The normalized spacial score (nSPS) is 32.4. The van der Waals surface area contributed by atoms with Crippen LogP contribution >= 0.6 is 0 Å². The number of hydrogen-bond acceptors (Lipinski definition) is 3. The topological polar surface area (TPSA) is 64.3 Å². The second-order valence-corrected chi connectivity index (χ2v) is 5.63. The molecule has 3 atom stereocenters. The molecule has 0 aromatic carbocycles. The number of amides is 1. The maximum atomic E-state index is 11.9. The predicted molar refractivity (Wildman–Crippen MR) is 71.2 cm³/mol. The van der Waals surface area contributed by atoms with Crippen LogP contribution in [0, 0.1) is 5.92 Å². The van der Waals surface area contributed by atoms with E-state index < -0.39 is 0 Å². The third-order valence-corrected chi connectivity index (χ3v) is 4.28. The van der Waals surface area contributed by atoms with Gasteiger partial charge in [-0.1, -0.05) is 12.8 Å². The van der Waals surface area contributed by atoms with Gasteiger partial charge in [0.05, 0.1) is 6.10 Å². The number of hydrogen-bond donors (Lipinski definition) is 2. The molecule has 1 saturated heterocycles. The third-order valence-electron chi connectivity index (χ3n) is 4.28. The van der Waals surface area contributed by atoms with Crippen LogP contribution in [0.25, 0.3) is 0 Å². The molecule has 1 aliphatic carbocycles. The Morgan fingerprint density at radius 1 is 1.22 bits per heavy atom. The average molecular weight is 254 g/mol. The van der Waals surface area contributed by atoms with Gasteiger partial charge in [0.25, 0.3) is 0 Å². The van der Waals surface area contributed by atoms with E-state index in [4.69, 9.17) is 10.5 Å². The molecule has 4 heteroatoms. The van der Waals surface area contributed by atoms with Crippen LogP contribution in [0.5, 0.6) is 0 Å². The summed E-state index contributed by atoms with van der Waals surface area (Å²) in [6.07, 6.45) is 8.75. The molecule has 104 valence electrons. The summed E-state index contributed by atoms with van der Waals surface area (Å²) >= 11 is 0. The van der Waals surface area contributed by atoms with Crippen LogP contribution in [0.2, 0.25) is 0 Å². The number of nitrogens with one attached hydrogen (secondary N) is 1. The van der Waals surface area contributed by atoms with Gasteiger partial charge in [-0.2, -0.15) is 0 Å². The number of carbonyl (C=O) groups excluding carboxylic acids is 1. The van der Waals surface area contributed by atoms with Crippen molar-refractivity contribution in [2.24, 2.45) is 11.7 Å². The Kier molecular flexibility index (Phi) is 5.45. The molecule has 3 N–H and O–H groups in total. The summed E-state index contributed by atoms with van der Waals surface area (Å²) in [6, 6.07) is 0.306. The molecule has 4 nitrogen and oxygen atoms in total. The van der Waals surface area contributed by atoms with E-state index in [0.29, 0.717) is 31.0 Å². The fourth-order valence-electron chi connectivity index (χ4n) is 3.12. The Labute approximate surface area is 110 Å². The van der Waals surface area contributed by atoms with Crippen molar-refractivity contribution >= 4 is 5.91 Å². The van der Waals surface area contributed by atoms with E-state index >= 15 is 0 Å². The second kappa shape index (κ2) is 7.10. The Morgan fingerprint density at radius 3 is 2.78 bits per heavy atom. The fourth-order valence-corrected chi connectivity index (χ4v) is 3.12. The average Bonchev–Trinajstić information content (AvgIpc) is 2.90. The molecule has 1 saturated carbocycles. The molecule has 1 amide bonds. The molecule has 0 aromatic rings. The van der Waals surface area contributed by atoms with Crippen molar-refractivity contribution in [3.63, 3.8) is 0 Å². The van der Waals surface area contributed by atoms with Gasteiger partial charge in [-0.05, 0) is 44.6 Å². The maximum Gasteiger partial charge on any atom is 0.220 e. The predicted octanol–water partition coefficient (Wildman–Crippen LogP) is 1.58. The summed E-state index contributed by atoms with van der Waals surface area (Å²) in [7, 11) is 0. The largest absolute Gasteiger partial charge is 0.378 e. The second-order valence-electron chi connectivity index (χ2n) is 5.63. The highest BCUT2D eigenvalue weighted by atomic mass is 16.5. The number of rotatable bonds is 5. The molecular formula is C14H26N2O2. The van der Waals surface area contributed by atoms with Crippen molar-refractivity contribution in [1.82, 2.24) is 5.32 Å². The van der Waals surface area contributed by atoms with Crippen LogP contribution in [0.3, 0.4) is 0 Å². The van der Waals surface area contributed by atoms with Crippen molar-refractivity contribution in [2.45, 2.75) is 63.5 Å². The first-order chi connectivity index (χ1) is 8.79. The van der Waals surface area contributed by atoms with Gasteiger partial charge in [0.2, 0.25) is 5.91 Å². The molecule has 2 rings (SSSR count). The summed E-state index contributed by atoms with van der Waals surface area (Å²) in [5, 5.41) is 3.17. The Hall–Kier alpha value is -0.610. The van der Waals surface area contributed by atoms with Crippen molar-refractivity contribution in [1.29, 1.82) is 0 Å². The minimum Gasteiger partial charge on any atom is -0.378 e. The third kappa shape index (κ3) is 3.95. The highest BCUT2D eigenvalue weighted by Gasteiger charge is 2.25. The van der Waals surface area contributed by atoms with E-state index in [1.165, 1.54) is 12.8 Å². The van der Waals surface area contributed by atoms with E-state index in [1.807, 2.05) is 0 Å². The van der Waals surface area contributed by atoms with Crippen molar-refractivity contribution in [2.75, 3.05) is 13.2 Å². The van der Waals surface area contributed by atoms with Gasteiger partial charge >= 0.3 is 0 Å². The molecule has 1 aliphatic heterocycles. The first-order valence-corrected chi connectivity index (χ1v) is 7.40.